The molecule has 5 heteroatoms. The van der Waals surface area contributed by atoms with Gasteiger partial charge < -0.3 is 5.11 Å². The predicted octanol–water partition coefficient (Wildman–Crippen LogP) is 2.46. The zero-order valence-electron chi connectivity index (χ0n) is 11.6. The molecule has 0 aromatic carbocycles. The zero-order chi connectivity index (χ0) is 13.5. The van der Waals surface area contributed by atoms with Crippen molar-refractivity contribution >= 4 is 11.6 Å². The maximum Gasteiger partial charge on any atom is 0.131 e. The number of aryl methyl sites for hydroxylation is 2. The molecule has 1 rings (SSSR count). The molecular weight excluding hydrogens is 250 g/mol. The van der Waals surface area contributed by atoms with Crippen molar-refractivity contribution in [3.05, 3.63) is 16.4 Å². The number of likely N-dealkylation sites (N-methyl/N-ethyl adjacent to an activating group) is 1. The lowest BCUT2D eigenvalue weighted by Crippen LogP contribution is -2.26. The molecule has 0 radical (unpaired) electrons. The van der Waals surface area contributed by atoms with Crippen molar-refractivity contribution in [1.29, 1.82) is 0 Å². The first kappa shape index (κ1) is 15.5. The lowest BCUT2D eigenvalue weighted by Gasteiger charge is -2.18. The summed E-state index contributed by atoms with van der Waals surface area (Å²) in [6.07, 6.45) is 2.23. The molecule has 1 heterocycles. The largest absolute Gasteiger partial charge is 0.395 e. The molecule has 0 spiro atoms. The van der Waals surface area contributed by atoms with Crippen molar-refractivity contribution in [2.75, 3.05) is 19.7 Å². The monoisotopic (exact) mass is 273 g/mol. The zero-order valence-corrected chi connectivity index (χ0v) is 12.4. The summed E-state index contributed by atoms with van der Waals surface area (Å²) >= 11 is 6.38. The van der Waals surface area contributed by atoms with Gasteiger partial charge in [0.2, 0.25) is 0 Å². The SMILES string of the molecule is CCCCn1nc(C)c(CN(CC)CCO)c1Cl. The molecular formula is C13H24ClN3O. The Bertz CT molecular complexity index is 365. The van der Waals surface area contributed by atoms with E-state index < -0.39 is 0 Å². The second-order valence-corrected chi connectivity index (χ2v) is 4.88. The Balaban J connectivity index is 2.78. The van der Waals surface area contributed by atoms with Crippen LogP contribution in [0.3, 0.4) is 0 Å². The Morgan fingerprint density at radius 3 is 2.67 bits per heavy atom. The summed E-state index contributed by atoms with van der Waals surface area (Å²) in [4.78, 5) is 2.17. The summed E-state index contributed by atoms with van der Waals surface area (Å²) in [7, 11) is 0. The number of halogens is 1. The van der Waals surface area contributed by atoms with Crippen LogP contribution < -0.4 is 0 Å². The van der Waals surface area contributed by atoms with E-state index in [1.165, 1.54) is 0 Å². The minimum absolute atomic E-state index is 0.175. The lowest BCUT2D eigenvalue weighted by atomic mass is 10.2. The summed E-state index contributed by atoms with van der Waals surface area (Å²) in [5, 5.41) is 14.2. The number of rotatable bonds is 8. The molecule has 0 aliphatic carbocycles. The maximum absolute atomic E-state index is 9.01. The van der Waals surface area contributed by atoms with Gasteiger partial charge in [-0.3, -0.25) is 9.58 Å². The first-order valence-electron chi connectivity index (χ1n) is 6.69. The molecule has 18 heavy (non-hydrogen) atoms. The quantitative estimate of drug-likeness (QED) is 0.791. The van der Waals surface area contributed by atoms with E-state index in [4.69, 9.17) is 16.7 Å². The second kappa shape index (κ2) is 7.77. The van der Waals surface area contributed by atoms with Crippen LogP contribution in [0.2, 0.25) is 5.15 Å². The third-order valence-electron chi connectivity index (χ3n) is 3.15. The van der Waals surface area contributed by atoms with Crippen LogP contribution in [0.25, 0.3) is 0 Å². The van der Waals surface area contributed by atoms with E-state index >= 15 is 0 Å². The van der Waals surface area contributed by atoms with Gasteiger partial charge in [-0.25, -0.2) is 0 Å². The third kappa shape index (κ3) is 3.97. The van der Waals surface area contributed by atoms with Crippen molar-refractivity contribution < 1.29 is 5.11 Å². The first-order chi connectivity index (χ1) is 8.63. The molecule has 0 amide bonds. The average Bonchev–Trinajstić information content (AvgIpc) is 2.63. The Hall–Kier alpha value is -0.580. The van der Waals surface area contributed by atoms with Crippen molar-refractivity contribution in [1.82, 2.24) is 14.7 Å². The molecule has 0 unspecified atom stereocenters. The van der Waals surface area contributed by atoms with Crippen LogP contribution in [-0.4, -0.2) is 39.5 Å². The summed E-state index contributed by atoms with van der Waals surface area (Å²) in [6.45, 7) is 9.62. The van der Waals surface area contributed by atoms with Crippen LogP contribution in [0.5, 0.6) is 0 Å². The molecule has 0 aliphatic rings. The molecule has 104 valence electrons. The highest BCUT2D eigenvalue weighted by Gasteiger charge is 2.15. The van der Waals surface area contributed by atoms with Crippen molar-refractivity contribution in [3.63, 3.8) is 0 Å². The van der Waals surface area contributed by atoms with Crippen LogP contribution >= 0.6 is 11.6 Å². The van der Waals surface area contributed by atoms with E-state index in [1.807, 2.05) is 11.6 Å². The van der Waals surface area contributed by atoms with Gasteiger partial charge in [0.05, 0.1) is 12.3 Å². The smallest absolute Gasteiger partial charge is 0.131 e. The predicted molar refractivity (Wildman–Crippen MR) is 74.9 cm³/mol. The van der Waals surface area contributed by atoms with E-state index in [9.17, 15) is 0 Å². The molecule has 4 nitrogen and oxygen atoms in total. The summed E-state index contributed by atoms with van der Waals surface area (Å²) < 4.78 is 1.89. The summed E-state index contributed by atoms with van der Waals surface area (Å²) in [6, 6.07) is 0. The molecule has 0 aliphatic heterocycles. The first-order valence-corrected chi connectivity index (χ1v) is 7.06. The minimum atomic E-state index is 0.175. The van der Waals surface area contributed by atoms with Gasteiger partial charge in [-0.05, 0) is 19.9 Å². The number of hydrogen-bond acceptors (Lipinski definition) is 3. The van der Waals surface area contributed by atoms with Crippen molar-refractivity contribution in [2.24, 2.45) is 0 Å². The van der Waals surface area contributed by atoms with Crippen molar-refractivity contribution in [2.45, 2.75) is 46.7 Å². The summed E-state index contributed by atoms with van der Waals surface area (Å²) in [5.41, 5.74) is 2.08. The number of aromatic nitrogens is 2. The number of unbranched alkanes of at least 4 members (excludes halogenated alkanes) is 1. The van der Waals surface area contributed by atoms with Gasteiger partial charge in [-0.1, -0.05) is 31.9 Å². The standard InChI is InChI=1S/C13H24ClN3O/c1-4-6-7-17-13(14)12(11(3)15-17)10-16(5-2)8-9-18/h18H,4-10H2,1-3H3. The van der Waals surface area contributed by atoms with E-state index in [2.05, 4.69) is 23.8 Å². The Morgan fingerprint density at radius 1 is 1.39 bits per heavy atom. The Labute approximate surface area is 115 Å². The maximum atomic E-state index is 9.01. The van der Waals surface area contributed by atoms with Gasteiger partial charge in [0.15, 0.2) is 0 Å². The fourth-order valence-electron chi connectivity index (χ4n) is 1.94. The normalized spacial score (nSPS) is 11.4. The van der Waals surface area contributed by atoms with Gasteiger partial charge in [-0.2, -0.15) is 5.10 Å². The number of aliphatic hydroxyl groups is 1. The fraction of sp³-hybridized carbons (Fsp3) is 0.769. The van der Waals surface area contributed by atoms with Gasteiger partial charge >= 0.3 is 0 Å². The van der Waals surface area contributed by atoms with Crippen LogP contribution in [0.4, 0.5) is 0 Å². The highest BCUT2D eigenvalue weighted by molar-refractivity contribution is 6.30. The molecule has 0 atom stereocenters. The highest BCUT2D eigenvalue weighted by atomic mass is 35.5. The highest BCUT2D eigenvalue weighted by Crippen LogP contribution is 2.22. The van der Waals surface area contributed by atoms with Gasteiger partial charge in [0.1, 0.15) is 5.15 Å². The number of nitrogens with zero attached hydrogens (tertiary/aromatic N) is 3. The Morgan fingerprint density at radius 2 is 2.11 bits per heavy atom. The number of aliphatic hydroxyl groups excluding tert-OH is 1. The van der Waals surface area contributed by atoms with E-state index in [1.54, 1.807) is 0 Å². The third-order valence-corrected chi connectivity index (χ3v) is 3.57. The van der Waals surface area contributed by atoms with Crippen LogP contribution in [0.1, 0.15) is 37.9 Å². The molecule has 0 fully saturated rings. The molecule has 0 saturated heterocycles. The van der Waals surface area contributed by atoms with Gasteiger partial charge in [0, 0.05) is 25.2 Å². The number of hydrogen-bond donors (Lipinski definition) is 1. The summed E-state index contributed by atoms with van der Waals surface area (Å²) in [5.74, 6) is 0. The molecule has 0 saturated carbocycles. The van der Waals surface area contributed by atoms with Crippen LogP contribution in [0.15, 0.2) is 0 Å². The Kier molecular flexibility index (Phi) is 6.68. The second-order valence-electron chi connectivity index (χ2n) is 4.52. The molecule has 1 aromatic heterocycles. The van der Waals surface area contributed by atoms with Crippen LogP contribution in [0, 0.1) is 6.92 Å². The molecule has 1 N–H and O–H groups in total. The molecule has 0 bridgehead atoms. The van der Waals surface area contributed by atoms with Crippen LogP contribution in [-0.2, 0) is 13.1 Å². The van der Waals surface area contributed by atoms with Gasteiger partial charge in [0.25, 0.3) is 0 Å². The van der Waals surface area contributed by atoms with E-state index in [0.29, 0.717) is 6.54 Å². The average molecular weight is 274 g/mol. The minimum Gasteiger partial charge on any atom is -0.395 e. The van der Waals surface area contributed by atoms with E-state index in [-0.39, 0.29) is 6.61 Å². The molecule has 1 aromatic rings. The van der Waals surface area contributed by atoms with Gasteiger partial charge in [-0.15, -0.1) is 0 Å². The lowest BCUT2D eigenvalue weighted by molar-refractivity contribution is 0.196. The van der Waals surface area contributed by atoms with E-state index in [0.717, 1.165) is 48.9 Å². The topological polar surface area (TPSA) is 41.3 Å². The van der Waals surface area contributed by atoms with Crippen molar-refractivity contribution in [3.8, 4) is 0 Å². The fourth-order valence-corrected chi connectivity index (χ4v) is 2.26.